The van der Waals surface area contributed by atoms with E-state index in [0.29, 0.717) is 42.8 Å². The van der Waals surface area contributed by atoms with Crippen LogP contribution in [-0.2, 0) is 14.3 Å². The fraction of sp³-hybridized carbons (Fsp3) is 0.800. The van der Waals surface area contributed by atoms with Gasteiger partial charge < -0.3 is 20.1 Å². The predicted octanol–water partition coefficient (Wildman–Crippen LogP) is 4.61. The van der Waals surface area contributed by atoms with Crippen LogP contribution in [0.15, 0.2) is 23.8 Å². The first kappa shape index (κ1) is 29.1. The number of rotatable bonds is 9. The van der Waals surface area contributed by atoms with Gasteiger partial charge in [-0.25, -0.2) is 0 Å². The number of esters is 1. The molecular formula is C30H48O6. The predicted molar refractivity (Wildman–Crippen MR) is 140 cm³/mol. The topological polar surface area (TPSA) is 104 Å². The number of Topliss-reactive ketones (excluding diaryl/α,β-unsaturated/α-hetero) is 1. The van der Waals surface area contributed by atoms with Crippen LogP contribution < -0.4 is 0 Å². The van der Waals surface area contributed by atoms with Gasteiger partial charge in [-0.1, -0.05) is 39.8 Å². The van der Waals surface area contributed by atoms with Gasteiger partial charge in [-0.3, -0.25) is 9.59 Å². The maximum absolute atomic E-state index is 14.0. The van der Waals surface area contributed by atoms with Crippen LogP contribution >= 0.6 is 0 Å². The molecule has 6 heteroatoms. The average molecular weight is 505 g/mol. The van der Waals surface area contributed by atoms with E-state index in [4.69, 9.17) is 4.74 Å². The Hall–Kier alpha value is -1.50. The summed E-state index contributed by atoms with van der Waals surface area (Å²) in [5.74, 6) is 0.176. The standard InChI is InChI=1S/C30H48O6/c1-17(2)18(3)8-9-19(4)23-10-11-24(29(23,6)12-13-36-20(5)31)22-16-26(33)25-14-21(32)15-27(34)30(25,7)28(22)35/h16-17,19,21,23-27,32-34H,3,8-15H2,1-2,4-7H3. The Balaban J connectivity index is 1.92. The average Bonchev–Trinajstić information content (AvgIpc) is 3.12. The van der Waals surface area contributed by atoms with Crippen molar-refractivity contribution in [2.24, 2.45) is 40.4 Å². The number of ether oxygens (including phenoxy) is 1. The van der Waals surface area contributed by atoms with E-state index in [0.717, 1.165) is 25.7 Å². The molecule has 0 aromatic rings. The highest BCUT2D eigenvalue weighted by Crippen LogP contribution is 2.59. The lowest BCUT2D eigenvalue weighted by molar-refractivity contribution is -0.157. The molecular weight excluding hydrogens is 456 g/mol. The molecule has 3 aliphatic rings. The van der Waals surface area contributed by atoms with Crippen LogP contribution in [0.4, 0.5) is 0 Å². The van der Waals surface area contributed by atoms with Crippen molar-refractivity contribution in [3.8, 4) is 0 Å². The van der Waals surface area contributed by atoms with E-state index in [-0.39, 0.29) is 29.5 Å². The molecule has 2 saturated carbocycles. The molecule has 3 rings (SSSR count). The summed E-state index contributed by atoms with van der Waals surface area (Å²) in [6.45, 7) is 16.5. The lowest BCUT2D eigenvalue weighted by Crippen LogP contribution is -2.58. The summed E-state index contributed by atoms with van der Waals surface area (Å²) in [7, 11) is 0. The monoisotopic (exact) mass is 504 g/mol. The maximum atomic E-state index is 14.0. The Morgan fingerprint density at radius 1 is 1.17 bits per heavy atom. The van der Waals surface area contributed by atoms with Gasteiger partial charge in [0.15, 0.2) is 5.78 Å². The van der Waals surface area contributed by atoms with E-state index in [2.05, 4.69) is 34.3 Å². The summed E-state index contributed by atoms with van der Waals surface area (Å²) in [6.07, 6.45) is 3.95. The van der Waals surface area contributed by atoms with E-state index in [1.54, 1.807) is 13.0 Å². The quantitative estimate of drug-likeness (QED) is 0.313. The number of fused-ring (bicyclic) bond motifs is 1. The highest BCUT2D eigenvalue weighted by Gasteiger charge is 2.59. The number of hydrogen-bond acceptors (Lipinski definition) is 6. The van der Waals surface area contributed by atoms with Crippen molar-refractivity contribution in [2.75, 3.05) is 6.61 Å². The molecule has 204 valence electrons. The second-order valence-corrected chi connectivity index (χ2v) is 12.6. The molecule has 0 saturated heterocycles. The van der Waals surface area contributed by atoms with Crippen molar-refractivity contribution in [1.29, 1.82) is 0 Å². The van der Waals surface area contributed by atoms with Gasteiger partial charge >= 0.3 is 5.97 Å². The summed E-state index contributed by atoms with van der Waals surface area (Å²) in [5, 5.41) is 32.3. The molecule has 0 heterocycles. The Kier molecular flexibility index (Phi) is 8.95. The second-order valence-electron chi connectivity index (χ2n) is 12.6. The summed E-state index contributed by atoms with van der Waals surface area (Å²) in [5.41, 5.74) is 0.456. The first-order valence-electron chi connectivity index (χ1n) is 13.8. The fourth-order valence-electron chi connectivity index (χ4n) is 7.55. The van der Waals surface area contributed by atoms with Crippen molar-refractivity contribution in [2.45, 2.75) is 105 Å². The lowest BCUT2D eigenvalue weighted by Gasteiger charge is -2.51. The minimum absolute atomic E-state index is 0.0900. The Morgan fingerprint density at radius 3 is 2.44 bits per heavy atom. The molecule has 0 aromatic heterocycles. The highest BCUT2D eigenvalue weighted by atomic mass is 16.5. The van der Waals surface area contributed by atoms with Gasteiger partial charge in [-0.15, -0.1) is 0 Å². The molecule has 36 heavy (non-hydrogen) atoms. The third-order valence-corrected chi connectivity index (χ3v) is 10.2. The molecule has 3 N–H and O–H groups in total. The minimum atomic E-state index is -1.11. The second kappa shape index (κ2) is 11.1. The first-order valence-corrected chi connectivity index (χ1v) is 13.8. The SMILES string of the molecule is C=C(CCC(C)C1CCC(C2=CC(O)C3CC(O)CC(O)C3(C)C2=O)C1(C)CCOC(C)=O)C(C)C. The Morgan fingerprint density at radius 2 is 1.83 bits per heavy atom. The first-order chi connectivity index (χ1) is 16.7. The summed E-state index contributed by atoms with van der Waals surface area (Å²) in [4.78, 5) is 25.6. The van der Waals surface area contributed by atoms with Crippen LogP contribution in [0.2, 0.25) is 0 Å². The van der Waals surface area contributed by atoms with Crippen molar-refractivity contribution >= 4 is 11.8 Å². The Labute approximate surface area is 217 Å². The molecule has 0 aliphatic heterocycles. The molecule has 0 aromatic carbocycles. The van der Waals surface area contributed by atoms with Crippen LogP contribution in [0.1, 0.15) is 86.5 Å². The van der Waals surface area contributed by atoms with Crippen molar-refractivity contribution in [3.63, 3.8) is 0 Å². The summed E-state index contributed by atoms with van der Waals surface area (Å²) in [6, 6.07) is 0. The number of allylic oxidation sites excluding steroid dienone is 2. The largest absolute Gasteiger partial charge is 0.466 e. The molecule has 9 atom stereocenters. The van der Waals surface area contributed by atoms with Gasteiger partial charge in [0, 0.05) is 19.3 Å². The number of aliphatic hydroxyl groups is 3. The maximum Gasteiger partial charge on any atom is 0.302 e. The normalized spacial score (nSPS) is 39.5. The van der Waals surface area contributed by atoms with Crippen molar-refractivity contribution in [3.05, 3.63) is 23.8 Å². The summed E-state index contributed by atoms with van der Waals surface area (Å²) < 4.78 is 5.37. The van der Waals surface area contributed by atoms with Crippen molar-refractivity contribution < 1.29 is 29.6 Å². The number of carbonyl (C=O) groups excluding carboxylic acids is 2. The molecule has 2 fully saturated rings. The van der Waals surface area contributed by atoms with E-state index in [1.807, 2.05) is 0 Å². The minimum Gasteiger partial charge on any atom is -0.466 e. The smallest absolute Gasteiger partial charge is 0.302 e. The number of ketones is 1. The van der Waals surface area contributed by atoms with Crippen LogP contribution in [0.5, 0.6) is 0 Å². The fourth-order valence-corrected chi connectivity index (χ4v) is 7.55. The van der Waals surface area contributed by atoms with Gasteiger partial charge in [-0.2, -0.15) is 0 Å². The third kappa shape index (κ3) is 5.37. The Bertz CT molecular complexity index is 877. The third-order valence-electron chi connectivity index (χ3n) is 10.2. The van der Waals surface area contributed by atoms with Gasteiger partial charge in [0.05, 0.1) is 30.3 Å². The summed E-state index contributed by atoms with van der Waals surface area (Å²) >= 11 is 0. The van der Waals surface area contributed by atoms with E-state index >= 15 is 0 Å². The van der Waals surface area contributed by atoms with Gasteiger partial charge in [0.1, 0.15) is 0 Å². The van der Waals surface area contributed by atoms with Crippen molar-refractivity contribution in [1.82, 2.24) is 0 Å². The van der Waals surface area contributed by atoms with Gasteiger partial charge in [0.25, 0.3) is 0 Å². The number of aliphatic hydroxyl groups excluding tert-OH is 3. The van der Waals surface area contributed by atoms with Crippen LogP contribution in [0.25, 0.3) is 0 Å². The van der Waals surface area contributed by atoms with Crippen LogP contribution in [-0.4, -0.2) is 52.0 Å². The number of hydrogen-bond donors (Lipinski definition) is 3. The molecule has 0 amide bonds. The molecule has 9 unspecified atom stereocenters. The molecule has 0 bridgehead atoms. The van der Waals surface area contributed by atoms with E-state index in [1.165, 1.54) is 12.5 Å². The number of carbonyl (C=O) groups is 2. The van der Waals surface area contributed by atoms with Gasteiger partial charge in [0.2, 0.25) is 0 Å². The molecule has 0 spiro atoms. The zero-order valence-electron chi connectivity index (χ0n) is 23.1. The zero-order valence-corrected chi connectivity index (χ0v) is 23.1. The molecule has 3 aliphatic carbocycles. The van der Waals surface area contributed by atoms with Gasteiger partial charge in [-0.05, 0) is 86.2 Å². The lowest BCUT2D eigenvalue weighted by atomic mass is 9.54. The van der Waals surface area contributed by atoms with Crippen LogP contribution in [0, 0.1) is 40.4 Å². The van der Waals surface area contributed by atoms with Crippen LogP contribution in [0.3, 0.4) is 0 Å². The highest BCUT2D eigenvalue weighted by molar-refractivity contribution is 6.02. The molecule has 0 radical (unpaired) electrons. The molecule has 6 nitrogen and oxygen atoms in total. The van der Waals surface area contributed by atoms with E-state index < -0.39 is 29.6 Å². The zero-order chi connectivity index (χ0) is 27.0. The van der Waals surface area contributed by atoms with E-state index in [9.17, 15) is 24.9 Å².